The summed E-state index contributed by atoms with van der Waals surface area (Å²) in [7, 11) is 0. The van der Waals surface area contributed by atoms with Crippen LogP contribution in [0.25, 0.3) is 109 Å². The molecule has 0 N–H and O–H groups in total. The lowest BCUT2D eigenvalue weighted by atomic mass is 9.96. The van der Waals surface area contributed by atoms with Gasteiger partial charge in [-0.15, -0.1) is 0 Å². The molecule has 0 spiro atoms. The van der Waals surface area contributed by atoms with Gasteiger partial charge in [-0.25, -0.2) is 0 Å². The van der Waals surface area contributed by atoms with Crippen molar-refractivity contribution in [3.8, 4) is 22.5 Å². The van der Waals surface area contributed by atoms with Crippen LogP contribution in [0.2, 0.25) is 0 Å². The summed E-state index contributed by atoms with van der Waals surface area (Å²) in [5.41, 5.74) is 9.65. The van der Waals surface area contributed by atoms with Gasteiger partial charge in [-0.2, -0.15) is 0 Å². The van der Waals surface area contributed by atoms with Crippen molar-refractivity contribution in [3.05, 3.63) is 194 Å². The molecule has 0 fully saturated rings. The zero-order valence-electron chi connectivity index (χ0n) is 29.4. The van der Waals surface area contributed by atoms with Crippen LogP contribution in [-0.4, -0.2) is 9.13 Å². The Labute approximate surface area is 311 Å². The molecule has 0 aliphatic heterocycles. The Hall–Kier alpha value is -7.16. The first-order valence-corrected chi connectivity index (χ1v) is 18.7. The monoisotopic (exact) mass is 684 g/mol. The van der Waals surface area contributed by atoms with Crippen LogP contribution in [0.3, 0.4) is 0 Å². The van der Waals surface area contributed by atoms with Gasteiger partial charge >= 0.3 is 0 Å². The lowest BCUT2D eigenvalue weighted by molar-refractivity contribution is 1.18. The highest BCUT2D eigenvalue weighted by atomic mass is 15.0. The molecule has 54 heavy (non-hydrogen) atoms. The third-order valence-corrected chi connectivity index (χ3v) is 11.6. The van der Waals surface area contributed by atoms with E-state index in [2.05, 4.69) is 203 Å². The summed E-state index contributed by atoms with van der Waals surface area (Å²) in [5, 5.41) is 15.2. The summed E-state index contributed by atoms with van der Waals surface area (Å²) < 4.78 is 4.90. The molecule has 0 unspecified atom stereocenters. The topological polar surface area (TPSA) is 9.86 Å². The molecule has 0 saturated heterocycles. The molecule has 0 aliphatic carbocycles. The van der Waals surface area contributed by atoms with E-state index in [-0.39, 0.29) is 0 Å². The van der Waals surface area contributed by atoms with E-state index in [1.807, 2.05) is 0 Å². The number of benzene rings is 10. The molecule has 2 heterocycles. The van der Waals surface area contributed by atoms with Crippen molar-refractivity contribution >= 4 is 86.7 Å². The second-order valence-electron chi connectivity index (χ2n) is 14.5. The fraction of sp³-hybridized carbons (Fsp3) is 0. The average molecular weight is 685 g/mol. The second-order valence-corrected chi connectivity index (χ2v) is 14.5. The maximum absolute atomic E-state index is 2.50. The molecule has 12 aromatic rings. The van der Waals surface area contributed by atoms with E-state index in [9.17, 15) is 0 Å². The first-order chi connectivity index (χ1) is 26.8. The predicted octanol–water partition coefficient (Wildman–Crippen LogP) is 14.2. The van der Waals surface area contributed by atoms with Crippen LogP contribution in [0, 0.1) is 0 Å². The molecule has 0 bridgehead atoms. The molecule has 0 amide bonds. The average Bonchev–Trinajstić information content (AvgIpc) is 3.75. The first kappa shape index (κ1) is 29.4. The summed E-state index contributed by atoms with van der Waals surface area (Å²) in [4.78, 5) is 0. The lowest BCUT2D eigenvalue weighted by Crippen LogP contribution is -1.95. The molecule has 0 aliphatic rings. The highest BCUT2D eigenvalue weighted by Crippen LogP contribution is 2.44. The van der Waals surface area contributed by atoms with Crippen LogP contribution >= 0.6 is 0 Å². The molecular formula is C52H32N2. The highest BCUT2D eigenvalue weighted by molar-refractivity contribution is 6.33. The van der Waals surface area contributed by atoms with Crippen LogP contribution in [-0.2, 0) is 0 Å². The van der Waals surface area contributed by atoms with Gasteiger partial charge in [-0.05, 0) is 103 Å². The van der Waals surface area contributed by atoms with Crippen molar-refractivity contribution in [1.82, 2.24) is 9.13 Å². The van der Waals surface area contributed by atoms with E-state index < -0.39 is 0 Å². The molecule has 0 saturated carbocycles. The summed E-state index contributed by atoms with van der Waals surface area (Å²) in [5.74, 6) is 0. The number of rotatable bonds is 3. The van der Waals surface area contributed by atoms with Crippen molar-refractivity contribution in [3.63, 3.8) is 0 Å². The smallest absolute Gasteiger partial charge is 0.0625 e. The minimum Gasteiger partial charge on any atom is -0.309 e. The molecule has 250 valence electrons. The lowest BCUT2D eigenvalue weighted by Gasteiger charge is -2.13. The van der Waals surface area contributed by atoms with Crippen molar-refractivity contribution in [2.24, 2.45) is 0 Å². The molecule has 12 rings (SSSR count). The van der Waals surface area contributed by atoms with Gasteiger partial charge in [0.25, 0.3) is 0 Å². The summed E-state index contributed by atoms with van der Waals surface area (Å²) in [6, 6.07) is 71.5. The van der Waals surface area contributed by atoms with Gasteiger partial charge in [-0.1, -0.05) is 140 Å². The predicted molar refractivity (Wildman–Crippen MR) is 231 cm³/mol. The largest absolute Gasteiger partial charge is 0.309 e. The van der Waals surface area contributed by atoms with Crippen molar-refractivity contribution < 1.29 is 0 Å². The Bertz CT molecular complexity index is 3490. The van der Waals surface area contributed by atoms with Crippen molar-refractivity contribution in [2.45, 2.75) is 0 Å². The normalized spacial score (nSPS) is 12.1. The number of hydrogen-bond acceptors (Lipinski definition) is 0. The second kappa shape index (κ2) is 11.2. The first-order valence-electron chi connectivity index (χ1n) is 18.7. The Morgan fingerprint density at radius 1 is 0.259 bits per heavy atom. The molecule has 2 nitrogen and oxygen atoms in total. The Morgan fingerprint density at radius 2 is 0.815 bits per heavy atom. The van der Waals surface area contributed by atoms with E-state index in [1.165, 1.54) is 104 Å². The van der Waals surface area contributed by atoms with Gasteiger partial charge < -0.3 is 9.13 Å². The third kappa shape index (κ3) is 4.17. The molecule has 0 radical (unpaired) electrons. The molecule has 0 atom stereocenters. The van der Waals surface area contributed by atoms with Gasteiger partial charge in [-0.3, -0.25) is 0 Å². The van der Waals surface area contributed by atoms with Gasteiger partial charge in [0.15, 0.2) is 0 Å². The van der Waals surface area contributed by atoms with E-state index >= 15 is 0 Å². The zero-order chi connectivity index (χ0) is 35.3. The van der Waals surface area contributed by atoms with E-state index in [0.717, 1.165) is 5.69 Å². The summed E-state index contributed by atoms with van der Waals surface area (Å²) in [6.07, 6.45) is 0. The number of aromatic nitrogens is 2. The van der Waals surface area contributed by atoms with Gasteiger partial charge in [0.2, 0.25) is 0 Å². The third-order valence-electron chi connectivity index (χ3n) is 11.6. The van der Waals surface area contributed by atoms with Gasteiger partial charge in [0.05, 0.1) is 22.1 Å². The molecule has 2 aromatic heterocycles. The minimum atomic E-state index is 1.16. The summed E-state index contributed by atoms with van der Waals surface area (Å²) >= 11 is 0. The van der Waals surface area contributed by atoms with Crippen LogP contribution in [0.5, 0.6) is 0 Å². The van der Waals surface area contributed by atoms with Crippen LogP contribution in [0.1, 0.15) is 0 Å². The number of fused-ring (bicyclic) bond motifs is 13. The number of hydrogen-bond donors (Lipinski definition) is 0. The molecule has 10 aromatic carbocycles. The fourth-order valence-corrected chi connectivity index (χ4v) is 9.18. The maximum Gasteiger partial charge on any atom is 0.0625 e. The van der Waals surface area contributed by atoms with E-state index in [1.54, 1.807) is 0 Å². The standard InChI is InChI=1S/C52H32N2/c1-2-12-35-29-40(27-23-33(35)11-1)53-48-20-10-9-17-43(48)46-30-38(24-28-49(46)53)34-21-25-39(26-22-34)54-50-32-37-14-4-3-13-36(37)31-47(50)51-44-18-7-5-15-41(44)42-16-6-8-19-45(42)52(51)54/h1-32H. The van der Waals surface area contributed by atoms with Gasteiger partial charge in [0, 0.05) is 38.3 Å². The zero-order valence-corrected chi connectivity index (χ0v) is 29.4. The van der Waals surface area contributed by atoms with Gasteiger partial charge in [0.1, 0.15) is 0 Å². The fourth-order valence-electron chi connectivity index (χ4n) is 9.18. The molecular weight excluding hydrogens is 653 g/mol. The van der Waals surface area contributed by atoms with Crippen LogP contribution in [0.15, 0.2) is 194 Å². The quantitative estimate of drug-likeness (QED) is 0.164. The number of nitrogens with zero attached hydrogens (tertiary/aromatic N) is 2. The molecule has 2 heteroatoms. The minimum absolute atomic E-state index is 1.16. The SMILES string of the molecule is c1ccc2cc(-n3c4ccccc4c4cc(-c5ccc(-n6c7cc8ccccc8cc7c7c8ccccc8c8ccccc8c76)cc5)ccc43)ccc2c1. The number of para-hydroxylation sites is 1. The summed E-state index contributed by atoms with van der Waals surface area (Å²) in [6.45, 7) is 0. The Kier molecular flexibility index (Phi) is 6.09. The Balaban J connectivity index is 1.06. The highest BCUT2D eigenvalue weighted by Gasteiger charge is 2.20. The van der Waals surface area contributed by atoms with E-state index in [4.69, 9.17) is 0 Å². The van der Waals surface area contributed by atoms with Crippen molar-refractivity contribution in [1.29, 1.82) is 0 Å². The Morgan fingerprint density at radius 3 is 1.59 bits per heavy atom. The van der Waals surface area contributed by atoms with E-state index in [0.29, 0.717) is 0 Å². The maximum atomic E-state index is 2.50. The van der Waals surface area contributed by atoms with Crippen molar-refractivity contribution in [2.75, 3.05) is 0 Å². The van der Waals surface area contributed by atoms with Crippen LogP contribution < -0.4 is 0 Å². The van der Waals surface area contributed by atoms with Crippen LogP contribution in [0.4, 0.5) is 0 Å².